The summed E-state index contributed by atoms with van der Waals surface area (Å²) in [6.45, 7) is 0. The highest BCUT2D eigenvalue weighted by Gasteiger charge is 2.24. The van der Waals surface area contributed by atoms with Crippen molar-refractivity contribution in [2.75, 3.05) is 4.72 Å². The average Bonchev–Trinajstić information content (AvgIpc) is 2.30. The standard InChI is InChI=1S/C12H7Br2F2NO2S/c13-8-3-1-2-4-11(8)17-20(18,19)12-9(14)5-7(15)6-10(12)16/h1-6,17H. The number of para-hydroxylation sites is 1. The molecule has 0 amide bonds. The first-order chi connectivity index (χ1) is 9.31. The first-order valence-corrected chi connectivity index (χ1v) is 8.30. The van der Waals surface area contributed by atoms with Crippen LogP contribution in [0.25, 0.3) is 0 Å². The van der Waals surface area contributed by atoms with E-state index in [1.54, 1.807) is 18.2 Å². The Hall–Kier alpha value is -0.990. The SMILES string of the molecule is O=S(=O)(Nc1ccccc1Br)c1c(F)cc(F)cc1Br. The van der Waals surface area contributed by atoms with E-state index in [-0.39, 0.29) is 10.2 Å². The van der Waals surface area contributed by atoms with Crippen LogP contribution in [0.1, 0.15) is 0 Å². The maximum Gasteiger partial charge on any atom is 0.265 e. The van der Waals surface area contributed by atoms with Crippen molar-refractivity contribution in [2.24, 2.45) is 0 Å². The first-order valence-electron chi connectivity index (χ1n) is 5.23. The van der Waals surface area contributed by atoms with Crippen LogP contribution in [0.2, 0.25) is 0 Å². The molecule has 0 atom stereocenters. The molecular formula is C12H7Br2F2NO2S. The normalized spacial score (nSPS) is 11.4. The Kier molecular flexibility index (Phi) is 4.46. The van der Waals surface area contributed by atoms with E-state index in [0.717, 1.165) is 6.07 Å². The van der Waals surface area contributed by atoms with Crippen LogP contribution in [0.4, 0.5) is 14.5 Å². The van der Waals surface area contributed by atoms with E-state index >= 15 is 0 Å². The second-order valence-corrected chi connectivity index (χ2v) is 7.11. The predicted molar refractivity (Wildman–Crippen MR) is 79.0 cm³/mol. The summed E-state index contributed by atoms with van der Waals surface area (Å²) in [5, 5.41) is 0. The molecule has 0 aliphatic carbocycles. The van der Waals surface area contributed by atoms with Crippen LogP contribution in [0, 0.1) is 11.6 Å². The van der Waals surface area contributed by atoms with Crippen LogP contribution < -0.4 is 4.72 Å². The van der Waals surface area contributed by atoms with Crippen LogP contribution in [-0.4, -0.2) is 8.42 Å². The van der Waals surface area contributed by atoms with Gasteiger partial charge in [0, 0.05) is 15.0 Å². The van der Waals surface area contributed by atoms with Gasteiger partial charge in [0.15, 0.2) is 0 Å². The van der Waals surface area contributed by atoms with Crippen molar-refractivity contribution in [2.45, 2.75) is 4.90 Å². The van der Waals surface area contributed by atoms with Gasteiger partial charge >= 0.3 is 0 Å². The molecule has 8 heteroatoms. The van der Waals surface area contributed by atoms with Crippen molar-refractivity contribution in [1.82, 2.24) is 0 Å². The van der Waals surface area contributed by atoms with Gasteiger partial charge in [-0.3, -0.25) is 4.72 Å². The molecule has 3 nitrogen and oxygen atoms in total. The molecular weight excluding hydrogens is 420 g/mol. The van der Waals surface area contributed by atoms with Crippen LogP contribution in [0.3, 0.4) is 0 Å². The monoisotopic (exact) mass is 425 g/mol. The zero-order chi connectivity index (χ0) is 14.9. The zero-order valence-electron chi connectivity index (χ0n) is 9.70. The van der Waals surface area contributed by atoms with Crippen LogP contribution in [0.5, 0.6) is 0 Å². The minimum atomic E-state index is -4.18. The van der Waals surface area contributed by atoms with Gasteiger partial charge in [-0.15, -0.1) is 0 Å². The molecule has 0 radical (unpaired) electrons. The summed E-state index contributed by atoms with van der Waals surface area (Å²) in [7, 11) is -4.18. The molecule has 2 rings (SSSR count). The number of hydrogen-bond donors (Lipinski definition) is 1. The highest BCUT2D eigenvalue weighted by atomic mass is 79.9. The molecule has 2 aromatic rings. The summed E-state index contributed by atoms with van der Waals surface area (Å²) in [6.07, 6.45) is 0. The molecule has 1 N–H and O–H groups in total. The van der Waals surface area contributed by atoms with E-state index in [0.29, 0.717) is 10.5 Å². The largest absolute Gasteiger partial charge is 0.278 e. The van der Waals surface area contributed by atoms with E-state index in [1.165, 1.54) is 6.07 Å². The fourth-order valence-electron chi connectivity index (χ4n) is 1.53. The first kappa shape index (κ1) is 15.4. The van der Waals surface area contributed by atoms with Crippen LogP contribution >= 0.6 is 31.9 Å². The Morgan fingerprint density at radius 2 is 1.65 bits per heavy atom. The van der Waals surface area contributed by atoms with Crippen molar-refractivity contribution in [1.29, 1.82) is 0 Å². The lowest BCUT2D eigenvalue weighted by atomic mass is 10.3. The molecule has 0 aromatic heterocycles. The molecule has 0 heterocycles. The van der Waals surface area contributed by atoms with Gasteiger partial charge < -0.3 is 0 Å². The minimum absolute atomic E-state index is 0.186. The Morgan fingerprint density at radius 1 is 1.00 bits per heavy atom. The Labute approximate surface area is 131 Å². The third kappa shape index (κ3) is 3.18. The van der Waals surface area contributed by atoms with Gasteiger partial charge in [-0.1, -0.05) is 12.1 Å². The number of hydrogen-bond acceptors (Lipinski definition) is 2. The van der Waals surface area contributed by atoms with E-state index in [1.807, 2.05) is 0 Å². The van der Waals surface area contributed by atoms with E-state index in [2.05, 4.69) is 36.6 Å². The number of benzene rings is 2. The zero-order valence-corrected chi connectivity index (χ0v) is 13.7. The summed E-state index contributed by atoms with van der Waals surface area (Å²) in [4.78, 5) is -0.644. The smallest absolute Gasteiger partial charge is 0.265 e. The Balaban J connectivity index is 2.50. The van der Waals surface area contributed by atoms with E-state index < -0.39 is 26.6 Å². The van der Waals surface area contributed by atoms with Crippen molar-refractivity contribution in [3.63, 3.8) is 0 Å². The van der Waals surface area contributed by atoms with E-state index in [9.17, 15) is 17.2 Å². The average molecular weight is 427 g/mol. The van der Waals surface area contributed by atoms with Gasteiger partial charge in [0.1, 0.15) is 16.5 Å². The molecule has 106 valence electrons. The molecule has 0 saturated carbocycles. The third-order valence-corrected chi connectivity index (χ3v) is 5.37. The molecule has 0 bridgehead atoms. The molecule has 20 heavy (non-hydrogen) atoms. The molecule has 0 unspecified atom stereocenters. The molecule has 0 aliphatic rings. The number of anilines is 1. The maximum atomic E-state index is 13.7. The highest BCUT2D eigenvalue weighted by Crippen LogP contribution is 2.30. The van der Waals surface area contributed by atoms with E-state index in [4.69, 9.17) is 0 Å². The third-order valence-electron chi connectivity index (χ3n) is 2.35. The summed E-state index contributed by atoms with van der Waals surface area (Å²) < 4.78 is 53.6. The minimum Gasteiger partial charge on any atom is -0.278 e. The van der Waals surface area contributed by atoms with Gasteiger partial charge in [0.05, 0.1) is 5.69 Å². The van der Waals surface area contributed by atoms with Crippen LogP contribution in [-0.2, 0) is 10.0 Å². The van der Waals surface area contributed by atoms with Crippen molar-refractivity contribution in [3.8, 4) is 0 Å². The summed E-state index contributed by atoms with van der Waals surface area (Å²) >= 11 is 6.03. The summed E-state index contributed by atoms with van der Waals surface area (Å²) in [5.74, 6) is -2.04. The maximum absolute atomic E-state index is 13.7. The van der Waals surface area contributed by atoms with Crippen molar-refractivity contribution in [3.05, 3.63) is 57.0 Å². The van der Waals surface area contributed by atoms with Crippen LogP contribution in [0.15, 0.2) is 50.2 Å². The number of halogens is 4. The molecule has 0 saturated heterocycles. The van der Waals surface area contributed by atoms with Gasteiger partial charge in [-0.2, -0.15) is 0 Å². The number of nitrogens with one attached hydrogen (secondary N) is 1. The van der Waals surface area contributed by atoms with Gasteiger partial charge in [0.2, 0.25) is 0 Å². The topological polar surface area (TPSA) is 46.2 Å². The highest BCUT2D eigenvalue weighted by molar-refractivity contribution is 9.11. The molecule has 2 aromatic carbocycles. The van der Waals surface area contributed by atoms with Crippen molar-refractivity contribution < 1.29 is 17.2 Å². The molecule has 0 fully saturated rings. The second-order valence-electron chi connectivity index (χ2n) is 3.78. The van der Waals surface area contributed by atoms with Gasteiger partial charge in [-0.05, 0) is 50.1 Å². The Morgan fingerprint density at radius 3 is 2.25 bits per heavy atom. The fraction of sp³-hybridized carbons (Fsp3) is 0. The lowest BCUT2D eigenvalue weighted by Gasteiger charge is -2.11. The summed E-state index contributed by atoms with van der Waals surface area (Å²) in [5.41, 5.74) is 0.253. The quantitative estimate of drug-likeness (QED) is 0.795. The lowest BCUT2D eigenvalue weighted by Crippen LogP contribution is -2.16. The molecule has 0 aliphatic heterocycles. The second kappa shape index (κ2) is 5.79. The van der Waals surface area contributed by atoms with Gasteiger partial charge in [0.25, 0.3) is 10.0 Å². The number of sulfonamides is 1. The number of rotatable bonds is 3. The lowest BCUT2D eigenvalue weighted by molar-refractivity contribution is 0.548. The van der Waals surface area contributed by atoms with Crippen molar-refractivity contribution >= 4 is 47.6 Å². The predicted octanol–water partition coefficient (Wildman–Crippen LogP) is 4.29. The Bertz CT molecular complexity index is 743. The summed E-state index contributed by atoms with van der Waals surface area (Å²) in [6, 6.07) is 7.87. The molecule has 0 spiro atoms. The fourth-order valence-corrected chi connectivity index (χ4v) is 4.29. The van der Waals surface area contributed by atoms with Gasteiger partial charge in [-0.25, -0.2) is 17.2 Å².